The molecule has 0 atom stereocenters. The minimum atomic E-state index is -0.613. The number of pyridine rings is 1. The number of amides is 1. The Morgan fingerprint density at radius 3 is 2.68 bits per heavy atom. The fourth-order valence-corrected chi connectivity index (χ4v) is 2.38. The number of nitrogens with zero attached hydrogens (tertiary/aromatic N) is 1. The molecule has 2 rings (SSSR count). The maximum absolute atomic E-state index is 11.8. The average molecular weight is 404 g/mol. The van der Waals surface area contributed by atoms with Gasteiger partial charge in [-0.25, -0.2) is 9.78 Å². The molecule has 0 bridgehead atoms. The van der Waals surface area contributed by atoms with E-state index in [4.69, 9.17) is 27.9 Å². The van der Waals surface area contributed by atoms with Gasteiger partial charge in [0, 0.05) is 10.7 Å². The van der Waals surface area contributed by atoms with E-state index in [9.17, 15) is 9.59 Å². The number of carbonyl (C=O) groups excluding carboxylic acids is 2. The van der Waals surface area contributed by atoms with E-state index in [0.29, 0.717) is 15.1 Å². The van der Waals surface area contributed by atoms with Gasteiger partial charge in [-0.2, -0.15) is 0 Å². The van der Waals surface area contributed by atoms with E-state index in [-0.39, 0.29) is 10.8 Å². The topological polar surface area (TPSA) is 68.3 Å². The molecule has 0 radical (unpaired) electrons. The molecule has 1 aromatic carbocycles. The summed E-state index contributed by atoms with van der Waals surface area (Å²) in [6.45, 7) is -0.458. The number of hydrogen-bond donors (Lipinski definition) is 1. The largest absolute Gasteiger partial charge is 0.452 e. The Bertz CT molecular complexity index is 725. The Morgan fingerprint density at radius 2 is 2.00 bits per heavy atom. The summed E-state index contributed by atoms with van der Waals surface area (Å²) in [5.74, 6) is -1.03. The van der Waals surface area contributed by atoms with E-state index in [1.54, 1.807) is 24.3 Å². The lowest BCUT2D eigenvalue weighted by molar-refractivity contribution is -0.119. The molecular formula is C14H9BrCl2N2O3. The van der Waals surface area contributed by atoms with Crippen molar-refractivity contribution >= 4 is 56.8 Å². The summed E-state index contributed by atoms with van der Waals surface area (Å²) in [5, 5.41) is 2.97. The molecule has 0 saturated carbocycles. The molecule has 0 fully saturated rings. The van der Waals surface area contributed by atoms with Crippen LogP contribution in [0.3, 0.4) is 0 Å². The molecule has 1 aromatic heterocycles. The van der Waals surface area contributed by atoms with Crippen molar-refractivity contribution in [1.82, 2.24) is 4.98 Å². The van der Waals surface area contributed by atoms with Crippen LogP contribution in [0.25, 0.3) is 0 Å². The maximum atomic E-state index is 11.8. The molecule has 1 amide bonds. The second-order valence-electron chi connectivity index (χ2n) is 4.09. The summed E-state index contributed by atoms with van der Waals surface area (Å²) in [7, 11) is 0. The van der Waals surface area contributed by atoms with Gasteiger partial charge in [0.05, 0.1) is 15.6 Å². The van der Waals surface area contributed by atoms with Crippen molar-refractivity contribution in [3.8, 4) is 0 Å². The van der Waals surface area contributed by atoms with Crippen molar-refractivity contribution in [1.29, 1.82) is 0 Å². The number of ether oxygens (including phenoxy) is 1. The summed E-state index contributed by atoms with van der Waals surface area (Å²) >= 11 is 14.8. The summed E-state index contributed by atoms with van der Waals surface area (Å²) < 4.78 is 5.51. The summed E-state index contributed by atoms with van der Waals surface area (Å²) in [6, 6.07) is 8.19. The number of rotatable bonds is 4. The fourth-order valence-electron chi connectivity index (χ4n) is 1.51. The monoisotopic (exact) mass is 402 g/mol. The third-order valence-corrected chi connectivity index (χ3v) is 3.68. The van der Waals surface area contributed by atoms with Gasteiger partial charge >= 0.3 is 5.97 Å². The Labute approximate surface area is 144 Å². The molecule has 0 spiro atoms. The highest BCUT2D eigenvalue weighted by atomic mass is 79.9. The number of benzene rings is 1. The molecule has 0 saturated heterocycles. The normalized spacial score (nSPS) is 10.1. The molecule has 5 nitrogen and oxygen atoms in total. The van der Waals surface area contributed by atoms with Gasteiger partial charge in [0.2, 0.25) is 0 Å². The number of nitrogens with one attached hydrogen (secondary N) is 1. The Kier molecular flexibility index (Phi) is 5.76. The van der Waals surface area contributed by atoms with Crippen LogP contribution in [0.5, 0.6) is 0 Å². The zero-order valence-electron chi connectivity index (χ0n) is 11.0. The van der Waals surface area contributed by atoms with Crippen molar-refractivity contribution < 1.29 is 14.3 Å². The van der Waals surface area contributed by atoms with Crippen molar-refractivity contribution in [2.45, 2.75) is 0 Å². The SMILES string of the molecule is O=C(COC(=O)c1ccccc1Br)Nc1ncc(Cl)cc1Cl. The minimum Gasteiger partial charge on any atom is -0.452 e. The highest BCUT2D eigenvalue weighted by molar-refractivity contribution is 9.10. The number of esters is 1. The number of halogens is 3. The van der Waals surface area contributed by atoms with Crippen LogP contribution in [0, 0.1) is 0 Å². The van der Waals surface area contributed by atoms with Gasteiger partial charge in [-0.1, -0.05) is 35.3 Å². The minimum absolute atomic E-state index is 0.146. The van der Waals surface area contributed by atoms with Gasteiger partial charge in [0.1, 0.15) is 0 Å². The average Bonchev–Trinajstić information content (AvgIpc) is 2.48. The number of hydrogen-bond acceptors (Lipinski definition) is 4. The molecule has 1 heterocycles. The molecule has 0 aliphatic rings. The lowest BCUT2D eigenvalue weighted by Crippen LogP contribution is -2.21. The summed E-state index contributed by atoms with van der Waals surface area (Å²) in [5.41, 5.74) is 0.331. The Balaban J connectivity index is 1.93. The van der Waals surface area contributed by atoms with Gasteiger partial charge in [-0.05, 0) is 34.1 Å². The molecule has 22 heavy (non-hydrogen) atoms. The van der Waals surface area contributed by atoms with Gasteiger partial charge in [-0.15, -0.1) is 0 Å². The van der Waals surface area contributed by atoms with Crippen molar-refractivity contribution in [2.75, 3.05) is 11.9 Å². The van der Waals surface area contributed by atoms with Gasteiger partial charge < -0.3 is 10.1 Å². The lowest BCUT2D eigenvalue weighted by Gasteiger charge is -2.08. The molecule has 2 aromatic rings. The standard InChI is InChI=1S/C14H9BrCl2N2O3/c15-10-4-2-1-3-9(10)14(21)22-7-12(20)19-13-11(17)5-8(16)6-18-13/h1-6H,7H2,(H,18,19,20). The molecule has 1 N–H and O–H groups in total. The molecular weight excluding hydrogens is 395 g/mol. The zero-order chi connectivity index (χ0) is 16.1. The van der Waals surface area contributed by atoms with Crippen LogP contribution in [0.2, 0.25) is 10.0 Å². The molecule has 0 aliphatic heterocycles. The van der Waals surface area contributed by atoms with E-state index >= 15 is 0 Å². The first kappa shape index (κ1) is 16.7. The van der Waals surface area contributed by atoms with Crippen LogP contribution in [0.15, 0.2) is 41.0 Å². The number of carbonyl (C=O) groups is 2. The van der Waals surface area contributed by atoms with Crippen LogP contribution in [0.4, 0.5) is 5.82 Å². The lowest BCUT2D eigenvalue weighted by atomic mass is 10.2. The number of aromatic nitrogens is 1. The highest BCUT2D eigenvalue weighted by Gasteiger charge is 2.14. The first-order chi connectivity index (χ1) is 10.5. The highest BCUT2D eigenvalue weighted by Crippen LogP contribution is 2.22. The third-order valence-electron chi connectivity index (χ3n) is 2.49. The quantitative estimate of drug-likeness (QED) is 0.785. The van der Waals surface area contributed by atoms with Crippen LogP contribution < -0.4 is 5.32 Å². The van der Waals surface area contributed by atoms with Gasteiger partial charge in [0.15, 0.2) is 12.4 Å². The second-order valence-corrected chi connectivity index (χ2v) is 5.79. The maximum Gasteiger partial charge on any atom is 0.339 e. The first-order valence-corrected chi connectivity index (χ1v) is 7.55. The zero-order valence-corrected chi connectivity index (χ0v) is 14.1. The van der Waals surface area contributed by atoms with E-state index in [1.165, 1.54) is 12.3 Å². The van der Waals surface area contributed by atoms with E-state index in [2.05, 4.69) is 26.2 Å². The molecule has 114 valence electrons. The van der Waals surface area contributed by atoms with E-state index in [1.807, 2.05) is 0 Å². The van der Waals surface area contributed by atoms with E-state index < -0.39 is 18.5 Å². The Morgan fingerprint density at radius 1 is 1.27 bits per heavy atom. The predicted molar refractivity (Wildman–Crippen MR) is 87.3 cm³/mol. The van der Waals surface area contributed by atoms with Crippen molar-refractivity contribution in [3.63, 3.8) is 0 Å². The first-order valence-electron chi connectivity index (χ1n) is 6.00. The fraction of sp³-hybridized carbons (Fsp3) is 0.0714. The van der Waals surface area contributed by atoms with E-state index in [0.717, 1.165) is 0 Å². The van der Waals surface area contributed by atoms with Crippen LogP contribution in [-0.2, 0) is 9.53 Å². The second kappa shape index (κ2) is 7.58. The van der Waals surface area contributed by atoms with Crippen molar-refractivity contribution in [3.05, 3.63) is 56.6 Å². The number of anilines is 1. The predicted octanol–water partition coefficient (Wildman–Crippen LogP) is 3.95. The Hall–Kier alpha value is -1.63. The molecule has 0 aliphatic carbocycles. The van der Waals surface area contributed by atoms with Crippen molar-refractivity contribution in [2.24, 2.45) is 0 Å². The van der Waals surface area contributed by atoms with Crippen LogP contribution in [-0.4, -0.2) is 23.5 Å². The van der Waals surface area contributed by atoms with Gasteiger partial charge in [0.25, 0.3) is 5.91 Å². The van der Waals surface area contributed by atoms with Crippen LogP contribution in [0.1, 0.15) is 10.4 Å². The summed E-state index contributed by atoms with van der Waals surface area (Å²) in [6.07, 6.45) is 1.34. The smallest absolute Gasteiger partial charge is 0.339 e. The summed E-state index contributed by atoms with van der Waals surface area (Å²) in [4.78, 5) is 27.5. The van der Waals surface area contributed by atoms with Crippen LogP contribution >= 0.6 is 39.1 Å². The third kappa shape index (κ3) is 4.43. The molecule has 8 heteroatoms. The molecule has 0 unspecified atom stereocenters. The van der Waals surface area contributed by atoms with Gasteiger partial charge in [-0.3, -0.25) is 4.79 Å².